The molecule has 2 aliphatic rings. The molecule has 0 spiro atoms. The summed E-state index contributed by atoms with van der Waals surface area (Å²) in [6.45, 7) is 3.92. The Kier molecular flexibility index (Phi) is 4.35. The summed E-state index contributed by atoms with van der Waals surface area (Å²) < 4.78 is 2.07. The van der Waals surface area contributed by atoms with E-state index in [2.05, 4.69) is 14.9 Å². The number of amides is 1. The Labute approximate surface area is 120 Å². The van der Waals surface area contributed by atoms with E-state index in [1.807, 2.05) is 17.4 Å². The first-order chi connectivity index (χ1) is 9.84. The second kappa shape index (κ2) is 6.39. The van der Waals surface area contributed by atoms with Crippen LogP contribution in [-0.4, -0.2) is 46.5 Å². The van der Waals surface area contributed by atoms with Crippen molar-refractivity contribution in [3.63, 3.8) is 0 Å². The molecular formula is C15H24N4O. The molecule has 1 amide bonds. The number of imidazole rings is 1. The van der Waals surface area contributed by atoms with Crippen molar-refractivity contribution < 1.29 is 4.79 Å². The number of aromatic nitrogens is 2. The van der Waals surface area contributed by atoms with Crippen molar-refractivity contribution in [1.82, 2.24) is 19.8 Å². The Morgan fingerprint density at radius 2 is 2.00 bits per heavy atom. The molecule has 0 atom stereocenters. The number of rotatable bonds is 3. The molecule has 0 bridgehead atoms. The van der Waals surface area contributed by atoms with Crippen LogP contribution < -0.4 is 5.32 Å². The summed E-state index contributed by atoms with van der Waals surface area (Å²) in [6, 6.07) is 0. The minimum atomic E-state index is 0.224. The van der Waals surface area contributed by atoms with E-state index in [4.69, 9.17) is 0 Å². The standard InChI is InChI=1S/C15H24N4O/c20-15(18-8-6-16-7-9-18)11-19-12-17-10-14(19)13-4-2-1-3-5-13/h10,12-13,16H,1-9,11H2. The zero-order valence-corrected chi connectivity index (χ0v) is 12.1. The van der Waals surface area contributed by atoms with Crippen LogP contribution in [0.3, 0.4) is 0 Å². The molecule has 0 aromatic carbocycles. The van der Waals surface area contributed by atoms with Gasteiger partial charge in [-0.25, -0.2) is 4.98 Å². The quantitative estimate of drug-likeness (QED) is 0.907. The Hall–Kier alpha value is -1.36. The van der Waals surface area contributed by atoms with Gasteiger partial charge in [-0.15, -0.1) is 0 Å². The maximum absolute atomic E-state index is 12.4. The maximum Gasteiger partial charge on any atom is 0.242 e. The molecule has 1 N–H and O–H groups in total. The minimum absolute atomic E-state index is 0.224. The maximum atomic E-state index is 12.4. The lowest BCUT2D eigenvalue weighted by molar-refractivity contribution is -0.132. The van der Waals surface area contributed by atoms with Crippen LogP contribution in [0.25, 0.3) is 0 Å². The predicted molar refractivity (Wildman–Crippen MR) is 77.5 cm³/mol. The fraction of sp³-hybridized carbons (Fsp3) is 0.733. The van der Waals surface area contributed by atoms with E-state index in [9.17, 15) is 4.79 Å². The minimum Gasteiger partial charge on any atom is -0.339 e. The van der Waals surface area contributed by atoms with Crippen molar-refractivity contribution in [1.29, 1.82) is 0 Å². The average Bonchev–Trinajstić information content (AvgIpc) is 2.97. The number of carbonyl (C=O) groups excluding carboxylic acids is 1. The highest BCUT2D eigenvalue weighted by molar-refractivity contribution is 5.76. The largest absolute Gasteiger partial charge is 0.339 e. The van der Waals surface area contributed by atoms with Gasteiger partial charge in [-0.2, -0.15) is 0 Å². The van der Waals surface area contributed by atoms with Crippen LogP contribution in [0.15, 0.2) is 12.5 Å². The fourth-order valence-electron chi connectivity index (χ4n) is 3.36. The van der Waals surface area contributed by atoms with Crippen LogP contribution in [-0.2, 0) is 11.3 Å². The summed E-state index contributed by atoms with van der Waals surface area (Å²) in [7, 11) is 0. The summed E-state index contributed by atoms with van der Waals surface area (Å²) in [5.41, 5.74) is 1.26. The van der Waals surface area contributed by atoms with Gasteiger partial charge in [0, 0.05) is 44.0 Å². The number of piperazine rings is 1. The highest BCUT2D eigenvalue weighted by Gasteiger charge is 2.22. The third kappa shape index (κ3) is 3.03. The van der Waals surface area contributed by atoms with Crippen LogP contribution in [0.1, 0.15) is 43.7 Å². The number of hydrogen-bond donors (Lipinski definition) is 1. The smallest absolute Gasteiger partial charge is 0.242 e. The third-order valence-electron chi connectivity index (χ3n) is 4.54. The highest BCUT2D eigenvalue weighted by Crippen LogP contribution is 2.32. The molecule has 1 saturated heterocycles. The van der Waals surface area contributed by atoms with Gasteiger partial charge in [-0.1, -0.05) is 19.3 Å². The average molecular weight is 276 g/mol. The lowest BCUT2D eigenvalue weighted by Crippen LogP contribution is -2.47. The molecule has 20 heavy (non-hydrogen) atoms. The molecule has 1 aliphatic carbocycles. The van der Waals surface area contributed by atoms with E-state index in [-0.39, 0.29) is 5.91 Å². The third-order valence-corrected chi connectivity index (χ3v) is 4.54. The Balaban J connectivity index is 1.65. The normalized spacial score (nSPS) is 21.1. The van der Waals surface area contributed by atoms with Crippen LogP contribution in [0, 0.1) is 0 Å². The summed E-state index contributed by atoms with van der Waals surface area (Å²) in [5.74, 6) is 0.823. The molecule has 2 fully saturated rings. The molecule has 1 saturated carbocycles. The van der Waals surface area contributed by atoms with Crippen LogP contribution >= 0.6 is 0 Å². The summed E-state index contributed by atoms with van der Waals surface area (Å²) >= 11 is 0. The second-order valence-electron chi connectivity index (χ2n) is 5.91. The molecule has 110 valence electrons. The van der Waals surface area contributed by atoms with Crippen molar-refractivity contribution in [2.75, 3.05) is 26.2 Å². The molecule has 3 rings (SSSR count). The SMILES string of the molecule is O=C(Cn1cncc1C1CCCCC1)N1CCNCC1. The molecule has 5 heteroatoms. The van der Waals surface area contributed by atoms with E-state index in [0.717, 1.165) is 26.2 Å². The molecule has 1 aromatic heterocycles. The van der Waals surface area contributed by atoms with Gasteiger partial charge in [0.2, 0.25) is 5.91 Å². The van der Waals surface area contributed by atoms with Gasteiger partial charge >= 0.3 is 0 Å². The zero-order chi connectivity index (χ0) is 13.8. The van der Waals surface area contributed by atoms with E-state index in [1.54, 1.807) is 0 Å². The van der Waals surface area contributed by atoms with Crippen molar-refractivity contribution in [2.45, 2.75) is 44.6 Å². The predicted octanol–water partition coefficient (Wildman–Crippen LogP) is 1.36. The highest BCUT2D eigenvalue weighted by atomic mass is 16.2. The monoisotopic (exact) mass is 276 g/mol. The lowest BCUT2D eigenvalue weighted by atomic mass is 9.87. The van der Waals surface area contributed by atoms with E-state index in [0.29, 0.717) is 12.5 Å². The molecule has 0 unspecified atom stereocenters. The number of hydrogen-bond acceptors (Lipinski definition) is 3. The molecule has 1 aromatic rings. The summed E-state index contributed by atoms with van der Waals surface area (Å²) in [6.07, 6.45) is 10.2. The van der Waals surface area contributed by atoms with Crippen LogP contribution in [0.2, 0.25) is 0 Å². The van der Waals surface area contributed by atoms with Crippen molar-refractivity contribution in [3.8, 4) is 0 Å². The van der Waals surface area contributed by atoms with Crippen molar-refractivity contribution in [2.24, 2.45) is 0 Å². The summed E-state index contributed by atoms with van der Waals surface area (Å²) in [5, 5.41) is 3.28. The number of nitrogens with one attached hydrogen (secondary N) is 1. The van der Waals surface area contributed by atoms with Crippen LogP contribution in [0.5, 0.6) is 0 Å². The van der Waals surface area contributed by atoms with Gasteiger partial charge in [0.25, 0.3) is 0 Å². The molecule has 2 heterocycles. The van der Waals surface area contributed by atoms with E-state index in [1.165, 1.54) is 37.8 Å². The Morgan fingerprint density at radius 1 is 1.25 bits per heavy atom. The van der Waals surface area contributed by atoms with E-state index >= 15 is 0 Å². The van der Waals surface area contributed by atoms with Gasteiger partial charge < -0.3 is 14.8 Å². The molecular weight excluding hydrogens is 252 g/mol. The zero-order valence-electron chi connectivity index (χ0n) is 12.1. The first-order valence-electron chi connectivity index (χ1n) is 7.83. The van der Waals surface area contributed by atoms with Crippen LogP contribution in [0.4, 0.5) is 0 Å². The number of carbonyl (C=O) groups is 1. The van der Waals surface area contributed by atoms with Gasteiger partial charge in [0.15, 0.2) is 0 Å². The fourth-order valence-corrected chi connectivity index (χ4v) is 3.36. The lowest BCUT2D eigenvalue weighted by Gasteiger charge is -2.28. The van der Waals surface area contributed by atoms with Gasteiger partial charge in [0.1, 0.15) is 6.54 Å². The Morgan fingerprint density at radius 3 is 2.75 bits per heavy atom. The molecule has 0 radical (unpaired) electrons. The first kappa shape index (κ1) is 13.6. The summed E-state index contributed by atoms with van der Waals surface area (Å²) in [4.78, 5) is 18.6. The van der Waals surface area contributed by atoms with Crippen molar-refractivity contribution in [3.05, 3.63) is 18.2 Å². The number of nitrogens with zero attached hydrogens (tertiary/aromatic N) is 3. The van der Waals surface area contributed by atoms with E-state index < -0.39 is 0 Å². The first-order valence-corrected chi connectivity index (χ1v) is 7.83. The Bertz CT molecular complexity index is 444. The molecule has 5 nitrogen and oxygen atoms in total. The van der Waals surface area contributed by atoms with Gasteiger partial charge in [-0.3, -0.25) is 4.79 Å². The topological polar surface area (TPSA) is 50.2 Å². The second-order valence-corrected chi connectivity index (χ2v) is 5.91. The van der Waals surface area contributed by atoms with Gasteiger partial charge in [0.05, 0.1) is 6.33 Å². The molecule has 1 aliphatic heterocycles. The van der Waals surface area contributed by atoms with Gasteiger partial charge in [-0.05, 0) is 12.8 Å². The van der Waals surface area contributed by atoms with Crippen molar-refractivity contribution >= 4 is 5.91 Å².